The molecule has 2 fully saturated rings. The van der Waals surface area contributed by atoms with Gasteiger partial charge in [-0.15, -0.1) is 0 Å². The van der Waals surface area contributed by atoms with Gasteiger partial charge in [-0.25, -0.2) is 9.67 Å². The molecular weight excluding hydrogens is 226 g/mol. The Hall–Kier alpha value is -0.900. The van der Waals surface area contributed by atoms with Gasteiger partial charge in [0.1, 0.15) is 12.4 Å². The fourth-order valence-electron chi connectivity index (χ4n) is 3.11. The highest BCUT2D eigenvalue weighted by Gasteiger charge is 2.29. The Morgan fingerprint density at radius 2 is 1.89 bits per heavy atom. The zero-order valence-corrected chi connectivity index (χ0v) is 11.3. The average Bonchev–Trinajstić information content (AvgIpc) is 2.72. The summed E-state index contributed by atoms with van der Waals surface area (Å²) in [4.78, 5) is 4.72. The van der Waals surface area contributed by atoms with E-state index in [-0.39, 0.29) is 0 Å². The molecule has 2 aliphatic rings. The van der Waals surface area contributed by atoms with Crippen molar-refractivity contribution in [1.82, 2.24) is 14.8 Å². The van der Waals surface area contributed by atoms with Crippen LogP contribution in [0, 0.1) is 0 Å². The second-order valence-electron chi connectivity index (χ2n) is 5.68. The van der Waals surface area contributed by atoms with Crippen LogP contribution in [-0.2, 0) is 11.3 Å². The maximum absolute atomic E-state index is 5.18. The molecule has 0 N–H and O–H groups in total. The smallest absolute Gasteiger partial charge is 0.176 e. The number of aromatic nitrogens is 3. The zero-order valence-electron chi connectivity index (χ0n) is 11.3. The molecule has 100 valence electrons. The van der Waals surface area contributed by atoms with Gasteiger partial charge in [0, 0.05) is 13.0 Å². The third-order valence-electron chi connectivity index (χ3n) is 4.37. The van der Waals surface area contributed by atoms with Crippen molar-refractivity contribution >= 4 is 0 Å². The second kappa shape index (κ2) is 5.39. The lowest BCUT2D eigenvalue weighted by Crippen LogP contribution is -2.21. The van der Waals surface area contributed by atoms with E-state index in [9.17, 15) is 0 Å². The zero-order chi connectivity index (χ0) is 12.4. The summed E-state index contributed by atoms with van der Waals surface area (Å²) in [6.07, 6.45) is 10.5. The molecule has 4 nitrogen and oxygen atoms in total. The molecule has 3 rings (SSSR count). The number of hydrogen-bond donors (Lipinski definition) is 0. The van der Waals surface area contributed by atoms with E-state index in [1.54, 1.807) is 7.11 Å². The molecule has 2 saturated carbocycles. The van der Waals surface area contributed by atoms with E-state index in [0.717, 1.165) is 5.82 Å². The van der Waals surface area contributed by atoms with Gasteiger partial charge >= 0.3 is 0 Å². The van der Waals surface area contributed by atoms with Gasteiger partial charge in [0.15, 0.2) is 5.82 Å². The molecule has 1 heterocycles. The predicted octanol–water partition coefficient (Wildman–Crippen LogP) is 3.20. The lowest BCUT2D eigenvalue weighted by molar-refractivity contribution is 0.176. The summed E-state index contributed by atoms with van der Waals surface area (Å²) in [6.45, 7) is 0.541. The van der Waals surface area contributed by atoms with Crippen LogP contribution in [0.1, 0.15) is 75.0 Å². The standard InChI is InChI=1S/C14H23N3O/c1-18-10-13-15-14(11-6-5-7-11)17(16-13)12-8-3-2-4-9-12/h11-12H,2-10H2,1H3. The maximum atomic E-state index is 5.18. The van der Waals surface area contributed by atoms with Crippen LogP contribution >= 0.6 is 0 Å². The molecule has 0 spiro atoms. The van der Waals surface area contributed by atoms with Crippen molar-refractivity contribution in [3.05, 3.63) is 11.6 Å². The molecule has 0 aromatic carbocycles. The molecule has 0 amide bonds. The van der Waals surface area contributed by atoms with E-state index in [1.165, 1.54) is 57.2 Å². The van der Waals surface area contributed by atoms with Crippen molar-refractivity contribution in [2.24, 2.45) is 0 Å². The summed E-state index contributed by atoms with van der Waals surface area (Å²) in [5.41, 5.74) is 0. The highest BCUT2D eigenvalue weighted by molar-refractivity contribution is 5.05. The van der Waals surface area contributed by atoms with Gasteiger partial charge in [-0.05, 0) is 25.7 Å². The lowest BCUT2D eigenvalue weighted by atomic mass is 9.84. The van der Waals surface area contributed by atoms with Gasteiger partial charge in [-0.1, -0.05) is 25.7 Å². The van der Waals surface area contributed by atoms with E-state index in [2.05, 4.69) is 4.68 Å². The van der Waals surface area contributed by atoms with E-state index in [1.807, 2.05) is 0 Å². The normalized spacial score (nSPS) is 22.1. The molecule has 1 aromatic heterocycles. The summed E-state index contributed by atoms with van der Waals surface area (Å²) < 4.78 is 7.42. The molecule has 0 saturated heterocycles. The molecule has 18 heavy (non-hydrogen) atoms. The second-order valence-corrected chi connectivity index (χ2v) is 5.68. The third kappa shape index (κ3) is 2.30. The van der Waals surface area contributed by atoms with Crippen LogP contribution in [0.2, 0.25) is 0 Å². The summed E-state index contributed by atoms with van der Waals surface area (Å²) in [5.74, 6) is 2.76. The van der Waals surface area contributed by atoms with Gasteiger partial charge in [0.2, 0.25) is 0 Å². The fourth-order valence-corrected chi connectivity index (χ4v) is 3.11. The van der Waals surface area contributed by atoms with Gasteiger partial charge < -0.3 is 4.74 Å². The van der Waals surface area contributed by atoms with Crippen LogP contribution in [0.15, 0.2) is 0 Å². The number of methoxy groups -OCH3 is 1. The Morgan fingerprint density at radius 1 is 1.11 bits per heavy atom. The molecule has 4 heteroatoms. The topological polar surface area (TPSA) is 39.9 Å². The van der Waals surface area contributed by atoms with E-state index < -0.39 is 0 Å². The summed E-state index contributed by atoms with van der Waals surface area (Å²) in [7, 11) is 1.71. The summed E-state index contributed by atoms with van der Waals surface area (Å²) in [6, 6.07) is 0.590. The minimum absolute atomic E-state index is 0.541. The lowest BCUT2D eigenvalue weighted by Gasteiger charge is -2.29. The molecule has 0 bridgehead atoms. The molecule has 0 radical (unpaired) electrons. The first-order valence-electron chi connectivity index (χ1n) is 7.32. The molecule has 0 aliphatic heterocycles. The number of ether oxygens (including phenoxy) is 1. The molecule has 0 unspecified atom stereocenters. The minimum atomic E-state index is 0.541. The molecule has 2 aliphatic carbocycles. The Bertz CT molecular complexity index is 392. The third-order valence-corrected chi connectivity index (χ3v) is 4.37. The number of rotatable bonds is 4. The van der Waals surface area contributed by atoms with Gasteiger partial charge in [-0.3, -0.25) is 0 Å². The van der Waals surface area contributed by atoms with Crippen LogP contribution in [0.5, 0.6) is 0 Å². The first kappa shape index (κ1) is 12.2. The first-order chi connectivity index (χ1) is 8.88. The van der Waals surface area contributed by atoms with Crippen LogP contribution in [0.3, 0.4) is 0 Å². The van der Waals surface area contributed by atoms with Crippen LogP contribution in [-0.4, -0.2) is 21.9 Å². The summed E-state index contributed by atoms with van der Waals surface area (Å²) >= 11 is 0. The molecular formula is C14H23N3O. The summed E-state index contributed by atoms with van der Waals surface area (Å²) in [5, 5.41) is 4.71. The van der Waals surface area contributed by atoms with Crippen molar-refractivity contribution in [1.29, 1.82) is 0 Å². The fraction of sp³-hybridized carbons (Fsp3) is 0.857. The van der Waals surface area contributed by atoms with Gasteiger partial charge in [0.25, 0.3) is 0 Å². The average molecular weight is 249 g/mol. The number of nitrogens with zero attached hydrogens (tertiary/aromatic N) is 3. The van der Waals surface area contributed by atoms with Gasteiger partial charge in [-0.2, -0.15) is 5.10 Å². The van der Waals surface area contributed by atoms with E-state index in [4.69, 9.17) is 14.8 Å². The SMILES string of the molecule is COCc1nc(C2CCC2)n(C2CCCCC2)n1. The maximum Gasteiger partial charge on any atom is 0.176 e. The van der Waals surface area contributed by atoms with Crippen molar-refractivity contribution in [2.45, 2.75) is 69.9 Å². The predicted molar refractivity (Wildman–Crippen MR) is 69.4 cm³/mol. The molecule has 0 atom stereocenters. The highest BCUT2D eigenvalue weighted by atomic mass is 16.5. The molecule has 1 aromatic rings. The monoisotopic (exact) mass is 249 g/mol. The quantitative estimate of drug-likeness (QED) is 0.822. The minimum Gasteiger partial charge on any atom is -0.377 e. The number of hydrogen-bond acceptors (Lipinski definition) is 3. The Kier molecular flexibility index (Phi) is 3.64. The van der Waals surface area contributed by atoms with Gasteiger partial charge in [0.05, 0.1) is 6.04 Å². The highest BCUT2D eigenvalue weighted by Crippen LogP contribution is 2.38. The first-order valence-corrected chi connectivity index (χ1v) is 7.32. The van der Waals surface area contributed by atoms with Crippen LogP contribution < -0.4 is 0 Å². The van der Waals surface area contributed by atoms with Crippen molar-refractivity contribution < 1.29 is 4.74 Å². The van der Waals surface area contributed by atoms with Crippen LogP contribution in [0.25, 0.3) is 0 Å². The Balaban J connectivity index is 1.84. The van der Waals surface area contributed by atoms with Crippen molar-refractivity contribution in [3.63, 3.8) is 0 Å². The van der Waals surface area contributed by atoms with Crippen LogP contribution in [0.4, 0.5) is 0 Å². The Labute approximate surface area is 109 Å². The van der Waals surface area contributed by atoms with E-state index >= 15 is 0 Å². The van der Waals surface area contributed by atoms with Crippen molar-refractivity contribution in [2.75, 3.05) is 7.11 Å². The Morgan fingerprint density at radius 3 is 2.50 bits per heavy atom. The largest absolute Gasteiger partial charge is 0.377 e. The van der Waals surface area contributed by atoms with Crippen molar-refractivity contribution in [3.8, 4) is 0 Å². The van der Waals surface area contributed by atoms with E-state index in [0.29, 0.717) is 18.6 Å².